The van der Waals surface area contributed by atoms with Crippen LogP contribution in [0.15, 0.2) is 255 Å². The van der Waals surface area contributed by atoms with Crippen molar-refractivity contribution in [1.82, 2.24) is 4.98 Å². The highest BCUT2D eigenvalue weighted by molar-refractivity contribution is 6.33. The molecular weight excluding hydrogens is 821 g/mol. The van der Waals surface area contributed by atoms with Crippen molar-refractivity contribution in [3.8, 4) is 55.6 Å². The van der Waals surface area contributed by atoms with Gasteiger partial charge in [0.05, 0.1) is 5.41 Å². The van der Waals surface area contributed by atoms with Crippen LogP contribution in [0.4, 0.5) is 17.2 Å². The molecule has 1 spiro atoms. The molecule has 316 valence electrons. The number of fused-ring (bicyclic) bond motifs is 16. The van der Waals surface area contributed by atoms with Crippen LogP contribution in [0.25, 0.3) is 88.0 Å². The van der Waals surface area contributed by atoms with Crippen molar-refractivity contribution in [2.24, 2.45) is 0 Å². The number of hydrogen-bond donors (Lipinski definition) is 0. The van der Waals surface area contributed by atoms with Crippen LogP contribution < -0.4 is 4.90 Å². The van der Waals surface area contributed by atoms with Crippen molar-refractivity contribution in [3.05, 3.63) is 277 Å². The lowest BCUT2D eigenvalue weighted by Crippen LogP contribution is -2.26. The first-order valence-corrected chi connectivity index (χ1v) is 23.5. The Hall–Kier alpha value is -8.85. The third-order valence-electron chi connectivity index (χ3n) is 14.7. The van der Waals surface area contributed by atoms with Gasteiger partial charge in [0.25, 0.3) is 0 Å². The molecule has 2 heteroatoms. The molecule has 0 N–H and O–H groups in total. The predicted octanol–water partition coefficient (Wildman–Crippen LogP) is 17.4. The normalized spacial score (nSPS) is 12.8. The SMILES string of the molecule is c1ccc(-c2cc(-c3ccccc3)c3c4ccccc4c4cc(N(c5ccccc5)c5cc6c(cn5)-c5ccccc5C65c6ccccc6-c6ccccc65)ccc4c3c2-c2ccccc2)cc1. The molecule has 0 unspecified atom stereocenters. The summed E-state index contributed by atoms with van der Waals surface area (Å²) in [5.74, 6) is 0.871. The van der Waals surface area contributed by atoms with E-state index in [9.17, 15) is 0 Å². The molecule has 0 bridgehead atoms. The summed E-state index contributed by atoms with van der Waals surface area (Å²) in [5.41, 5.74) is 19.0. The van der Waals surface area contributed by atoms with Crippen molar-refractivity contribution in [2.45, 2.75) is 5.41 Å². The Morgan fingerprint density at radius 1 is 0.294 bits per heavy atom. The number of nitrogens with zero attached hydrogens (tertiary/aromatic N) is 2. The third kappa shape index (κ3) is 5.49. The average molecular weight is 863 g/mol. The molecule has 2 aliphatic rings. The number of pyridine rings is 1. The fourth-order valence-electron chi connectivity index (χ4n) is 12.0. The van der Waals surface area contributed by atoms with E-state index in [1.165, 1.54) is 110 Å². The topological polar surface area (TPSA) is 16.1 Å². The summed E-state index contributed by atoms with van der Waals surface area (Å²) in [6.45, 7) is 0. The molecule has 14 rings (SSSR count). The van der Waals surface area contributed by atoms with Crippen LogP contribution in [0.5, 0.6) is 0 Å². The minimum Gasteiger partial charge on any atom is -0.295 e. The Kier molecular flexibility index (Phi) is 8.53. The number of benzene rings is 11. The Bertz CT molecular complexity index is 3890. The molecule has 12 aromatic rings. The Morgan fingerprint density at radius 2 is 0.779 bits per heavy atom. The van der Waals surface area contributed by atoms with Crippen LogP contribution in [0, 0.1) is 0 Å². The molecule has 0 aliphatic heterocycles. The second-order valence-corrected chi connectivity index (χ2v) is 18.1. The van der Waals surface area contributed by atoms with Gasteiger partial charge in [0.1, 0.15) is 5.82 Å². The van der Waals surface area contributed by atoms with E-state index in [1.54, 1.807) is 0 Å². The van der Waals surface area contributed by atoms with Crippen molar-refractivity contribution < 1.29 is 0 Å². The highest BCUT2D eigenvalue weighted by Crippen LogP contribution is 2.63. The summed E-state index contributed by atoms with van der Waals surface area (Å²) in [5, 5.41) is 7.34. The molecule has 1 aromatic heterocycles. The molecule has 11 aromatic carbocycles. The number of rotatable bonds is 6. The Balaban J connectivity index is 1.07. The molecule has 0 radical (unpaired) electrons. The van der Waals surface area contributed by atoms with Crippen molar-refractivity contribution in [1.29, 1.82) is 0 Å². The monoisotopic (exact) mass is 862 g/mol. The maximum atomic E-state index is 5.43. The van der Waals surface area contributed by atoms with Gasteiger partial charge in [0.2, 0.25) is 0 Å². The van der Waals surface area contributed by atoms with Crippen LogP contribution in [-0.2, 0) is 5.41 Å². The highest BCUT2D eigenvalue weighted by atomic mass is 15.2. The molecule has 0 saturated carbocycles. The number of anilines is 3. The Morgan fingerprint density at radius 3 is 1.40 bits per heavy atom. The summed E-state index contributed by atoms with van der Waals surface area (Å²) >= 11 is 0. The van der Waals surface area contributed by atoms with Crippen molar-refractivity contribution in [2.75, 3.05) is 4.90 Å². The first kappa shape index (κ1) is 38.4. The largest absolute Gasteiger partial charge is 0.295 e. The van der Waals surface area contributed by atoms with E-state index in [2.05, 4.69) is 260 Å². The van der Waals surface area contributed by atoms with Gasteiger partial charge < -0.3 is 0 Å². The number of hydrogen-bond acceptors (Lipinski definition) is 2. The molecule has 1 heterocycles. The fourth-order valence-corrected chi connectivity index (χ4v) is 12.0. The minimum atomic E-state index is -0.488. The smallest absolute Gasteiger partial charge is 0.137 e. The van der Waals surface area contributed by atoms with Crippen LogP contribution in [0.1, 0.15) is 22.3 Å². The van der Waals surface area contributed by atoms with Crippen LogP contribution in [-0.4, -0.2) is 4.98 Å². The molecule has 0 fully saturated rings. The molecule has 0 amide bonds. The molecule has 68 heavy (non-hydrogen) atoms. The maximum Gasteiger partial charge on any atom is 0.137 e. The molecule has 0 atom stereocenters. The van der Waals surface area contributed by atoms with Gasteiger partial charge in [-0.3, -0.25) is 4.90 Å². The molecule has 2 aliphatic carbocycles. The first-order chi connectivity index (χ1) is 33.8. The zero-order chi connectivity index (χ0) is 44.8. The van der Waals surface area contributed by atoms with Crippen LogP contribution in [0.3, 0.4) is 0 Å². The van der Waals surface area contributed by atoms with E-state index in [4.69, 9.17) is 4.98 Å². The first-order valence-electron chi connectivity index (χ1n) is 23.5. The van der Waals surface area contributed by atoms with Gasteiger partial charge in [-0.15, -0.1) is 0 Å². The summed E-state index contributed by atoms with van der Waals surface area (Å²) in [4.78, 5) is 7.79. The lowest BCUT2D eigenvalue weighted by atomic mass is 9.71. The zero-order valence-electron chi connectivity index (χ0n) is 37.1. The van der Waals surface area contributed by atoms with Gasteiger partial charge in [-0.1, -0.05) is 212 Å². The quantitative estimate of drug-likeness (QED) is 0.155. The van der Waals surface area contributed by atoms with E-state index in [1.807, 2.05) is 0 Å². The summed E-state index contributed by atoms with van der Waals surface area (Å²) in [7, 11) is 0. The van der Waals surface area contributed by atoms with Gasteiger partial charge in [0, 0.05) is 23.1 Å². The number of aromatic nitrogens is 1. The summed E-state index contributed by atoms with van der Waals surface area (Å²) < 4.78 is 0. The van der Waals surface area contributed by atoms with Crippen LogP contribution >= 0.6 is 0 Å². The van der Waals surface area contributed by atoms with E-state index in [0.717, 1.165) is 17.2 Å². The van der Waals surface area contributed by atoms with Gasteiger partial charge in [-0.05, 0) is 141 Å². The molecule has 2 nitrogen and oxygen atoms in total. The van der Waals surface area contributed by atoms with E-state index in [0.29, 0.717) is 0 Å². The van der Waals surface area contributed by atoms with Gasteiger partial charge in [-0.25, -0.2) is 4.98 Å². The second kappa shape index (κ2) is 15.1. The Labute approximate surface area is 395 Å². The van der Waals surface area contributed by atoms with E-state index < -0.39 is 5.41 Å². The summed E-state index contributed by atoms with van der Waals surface area (Å²) in [6, 6.07) is 91.4. The summed E-state index contributed by atoms with van der Waals surface area (Å²) in [6.07, 6.45) is 2.13. The lowest BCUT2D eigenvalue weighted by Gasteiger charge is -2.31. The second-order valence-electron chi connectivity index (χ2n) is 18.1. The maximum absolute atomic E-state index is 5.43. The van der Waals surface area contributed by atoms with Crippen molar-refractivity contribution >= 4 is 49.5 Å². The average Bonchev–Trinajstić information content (AvgIpc) is 3.89. The van der Waals surface area contributed by atoms with E-state index >= 15 is 0 Å². The van der Waals surface area contributed by atoms with E-state index in [-0.39, 0.29) is 0 Å². The fraction of sp³-hybridized carbons (Fsp3) is 0.0152. The minimum absolute atomic E-state index is 0.488. The van der Waals surface area contributed by atoms with Gasteiger partial charge in [-0.2, -0.15) is 0 Å². The molecular formula is C66H42N2. The highest BCUT2D eigenvalue weighted by Gasteiger charge is 2.52. The van der Waals surface area contributed by atoms with Crippen LogP contribution in [0.2, 0.25) is 0 Å². The zero-order valence-corrected chi connectivity index (χ0v) is 37.1. The number of para-hydroxylation sites is 1. The van der Waals surface area contributed by atoms with Crippen molar-refractivity contribution in [3.63, 3.8) is 0 Å². The molecule has 0 saturated heterocycles. The lowest BCUT2D eigenvalue weighted by molar-refractivity contribution is 0.792. The predicted molar refractivity (Wildman–Crippen MR) is 284 cm³/mol. The van der Waals surface area contributed by atoms with Gasteiger partial charge in [0.15, 0.2) is 0 Å². The van der Waals surface area contributed by atoms with Gasteiger partial charge >= 0.3 is 0 Å². The third-order valence-corrected chi connectivity index (χ3v) is 14.7. The standard InChI is InChI=1S/C66H42N2/c1-5-21-43(22-6-1)54-40-55(44-23-7-2-8-24-44)64-52-33-14-13-29-48(52)56-39-47(37-38-53(56)65(64)63(54)45-25-9-3-10-26-45)68(46-27-11-4-12-28-46)62-41-61-57(42-67-62)51-32-17-20-36-60(51)66(61)58-34-18-15-30-49(58)50-31-16-19-35-59(50)66/h1-42H.